The Balaban J connectivity index is 2.64. The van der Waals surface area contributed by atoms with Gasteiger partial charge in [0.05, 0.1) is 5.60 Å². The Morgan fingerprint density at radius 3 is 2.67 bits per heavy atom. The topological polar surface area (TPSA) is 59.1 Å². The van der Waals surface area contributed by atoms with Gasteiger partial charge in [0.1, 0.15) is 0 Å². The van der Waals surface area contributed by atoms with Crippen molar-refractivity contribution < 1.29 is 5.11 Å². The molecular formula is C12H20N2O. The maximum Gasteiger partial charge on any atom is 0.0687 e. The predicted molar refractivity (Wildman–Crippen MR) is 61.6 cm³/mol. The highest BCUT2D eigenvalue weighted by molar-refractivity contribution is 5.15. The van der Waals surface area contributed by atoms with Gasteiger partial charge >= 0.3 is 0 Å². The van der Waals surface area contributed by atoms with E-state index in [0.717, 1.165) is 12.1 Å². The smallest absolute Gasteiger partial charge is 0.0687 e. The van der Waals surface area contributed by atoms with Crippen LogP contribution in [0.4, 0.5) is 0 Å². The van der Waals surface area contributed by atoms with Crippen molar-refractivity contribution in [3.05, 3.63) is 29.6 Å². The molecule has 1 atom stereocenters. The molecule has 0 aromatic carbocycles. The van der Waals surface area contributed by atoms with E-state index in [0.29, 0.717) is 19.4 Å². The molecule has 0 spiro atoms. The van der Waals surface area contributed by atoms with Crippen LogP contribution in [-0.4, -0.2) is 22.2 Å². The van der Waals surface area contributed by atoms with Crippen LogP contribution in [0, 0.1) is 0 Å². The number of rotatable bonds is 5. The van der Waals surface area contributed by atoms with Crippen molar-refractivity contribution in [2.75, 3.05) is 6.54 Å². The van der Waals surface area contributed by atoms with Crippen LogP contribution in [0.3, 0.4) is 0 Å². The zero-order valence-electron chi connectivity index (χ0n) is 9.53. The summed E-state index contributed by atoms with van der Waals surface area (Å²) in [7, 11) is 0. The first-order valence-corrected chi connectivity index (χ1v) is 5.43. The second-order valence-electron chi connectivity index (χ2n) is 4.22. The molecule has 0 amide bonds. The fourth-order valence-corrected chi connectivity index (χ4v) is 1.56. The highest BCUT2D eigenvalue weighted by Gasteiger charge is 2.20. The summed E-state index contributed by atoms with van der Waals surface area (Å²) in [5.74, 6) is 0. The van der Waals surface area contributed by atoms with E-state index in [1.165, 1.54) is 5.56 Å². The third-order valence-electron chi connectivity index (χ3n) is 2.54. The van der Waals surface area contributed by atoms with Crippen LogP contribution >= 0.6 is 0 Å². The largest absolute Gasteiger partial charge is 0.390 e. The minimum Gasteiger partial charge on any atom is -0.390 e. The van der Waals surface area contributed by atoms with Gasteiger partial charge in [-0.1, -0.05) is 13.0 Å². The number of aliphatic hydroxyl groups is 1. The van der Waals surface area contributed by atoms with Gasteiger partial charge in [0.25, 0.3) is 0 Å². The number of nitrogens with zero attached hydrogens (tertiary/aromatic N) is 1. The van der Waals surface area contributed by atoms with Gasteiger partial charge in [0.15, 0.2) is 0 Å². The lowest BCUT2D eigenvalue weighted by Crippen LogP contribution is -2.30. The zero-order valence-corrected chi connectivity index (χ0v) is 9.53. The van der Waals surface area contributed by atoms with E-state index < -0.39 is 5.60 Å². The third kappa shape index (κ3) is 3.98. The Hall–Kier alpha value is -0.930. The van der Waals surface area contributed by atoms with Gasteiger partial charge in [-0.2, -0.15) is 0 Å². The fourth-order valence-electron chi connectivity index (χ4n) is 1.56. The maximum atomic E-state index is 9.97. The lowest BCUT2D eigenvalue weighted by atomic mass is 9.96. The van der Waals surface area contributed by atoms with Crippen LogP contribution in [0.2, 0.25) is 0 Å². The average molecular weight is 208 g/mol. The van der Waals surface area contributed by atoms with Crippen LogP contribution in [0.5, 0.6) is 0 Å². The van der Waals surface area contributed by atoms with Gasteiger partial charge in [-0.15, -0.1) is 0 Å². The van der Waals surface area contributed by atoms with E-state index in [4.69, 9.17) is 5.73 Å². The Morgan fingerprint density at radius 2 is 2.20 bits per heavy atom. The second kappa shape index (κ2) is 5.24. The number of aryl methyl sites for hydroxylation is 1. The lowest BCUT2D eigenvalue weighted by Gasteiger charge is -2.21. The normalized spacial score (nSPS) is 14.9. The van der Waals surface area contributed by atoms with E-state index in [1.807, 2.05) is 12.3 Å². The van der Waals surface area contributed by atoms with E-state index in [2.05, 4.69) is 18.0 Å². The molecule has 84 valence electrons. The maximum absolute atomic E-state index is 9.97. The standard InChI is InChI=1S/C12H20N2O/c1-3-10-4-5-11(14-9-10)8-12(2,15)6-7-13/h4-5,9,15H,3,6-8,13H2,1-2H3. The van der Waals surface area contributed by atoms with Crippen LogP contribution < -0.4 is 5.73 Å². The summed E-state index contributed by atoms with van der Waals surface area (Å²) in [4.78, 5) is 4.32. The Labute approximate surface area is 91.3 Å². The van der Waals surface area contributed by atoms with E-state index in [1.54, 1.807) is 6.92 Å². The molecular weight excluding hydrogens is 188 g/mol. The van der Waals surface area contributed by atoms with Gasteiger partial charge in [-0.25, -0.2) is 0 Å². The van der Waals surface area contributed by atoms with Crippen molar-refractivity contribution in [3.63, 3.8) is 0 Å². The van der Waals surface area contributed by atoms with E-state index >= 15 is 0 Å². The molecule has 0 radical (unpaired) electrons. The first kappa shape index (κ1) is 12.1. The molecule has 0 saturated carbocycles. The average Bonchev–Trinajstić information content (AvgIpc) is 2.18. The first-order valence-electron chi connectivity index (χ1n) is 5.43. The number of hydrogen-bond donors (Lipinski definition) is 2. The summed E-state index contributed by atoms with van der Waals surface area (Å²) in [5, 5.41) is 9.97. The molecule has 1 rings (SSSR count). The third-order valence-corrected chi connectivity index (χ3v) is 2.54. The summed E-state index contributed by atoms with van der Waals surface area (Å²) < 4.78 is 0. The van der Waals surface area contributed by atoms with E-state index in [9.17, 15) is 5.11 Å². The SMILES string of the molecule is CCc1ccc(CC(C)(O)CCN)nc1. The van der Waals surface area contributed by atoms with Crippen molar-refractivity contribution >= 4 is 0 Å². The molecule has 1 aromatic rings. The van der Waals surface area contributed by atoms with Crippen molar-refractivity contribution in [2.45, 2.75) is 38.7 Å². The van der Waals surface area contributed by atoms with Gasteiger partial charge in [0.2, 0.25) is 0 Å². The minimum absolute atomic E-state index is 0.500. The number of nitrogens with two attached hydrogens (primary N) is 1. The van der Waals surface area contributed by atoms with Crippen molar-refractivity contribution in [2.24, 2.45) is 5.73 Å². The van der Waals surface area contributed by atoms with Crippen molar-refractivity contribution in [1.82, 2.24) is 4.98 Å². The van der Waals surface area contributed by atoms with Crippen molar-refractivity contribution in [3.8, 4) is 0 Å². The number of hydrogen-bond acceptors (Lipinski definition) is 3. The van der Waals surface area contributed by atoms with Gasteiger partial charge in [-0.05, 0) is 37.9 Å². The van der Waals surface area contributed by atoms with Gasteiger partial charge in [0, 0.05) is 18.3 Å². The lowest BCUT2D eigenvalue weighted by molar-refractivity contribution is 0.0529. The Kier molecular flexibility index (Phi) is 4.24. The molecule has 3 nitrogen and oxygen atoms in total. The van der Waals surface area contributed by atoms with Crippen LogP contribution in [0.25, 0.3) is 0 Å². The van der Waals surface area contributed by atoms with Gasteiger partial charge in [-0.3, -0.25) is 4.98 Å². The van der Waals surface area contributed by atoms with Gasteiger partial charge < -0.3 is 10.8 Å². The molecule has 0 saturated heterocycles. The molecule has 3 N–H and O–H groups in total. The highest BCUT2D eigenvalue weighted by Crippen LogP contribution is 2.15. The highest BCUT2D eigenvalue weighted by atomic mass is 16.3. The summed E-state index contributed by atoms with van der Waals surface area (Å²) in [6.07, 6.45) is 4.03. The first-order chi connectivity index (χ1) is 7.07. The summed E-state index contributed by atoms with van der Waals surface area (Å²) in [5.41, 5.74) is 6.83. The van der Waals surface area contributed by atoms with Crippen LogP contribution in [0.1, 0.15) is 31.5 Å². The molecule has 0 aliphatic heterocycles. The van der Waals surface area contributed by atoms with Crippen LogP contribution in [-0.2, 0) is 12.8 Å². The molecule has 15 heavy (non-hydrogen) atoms. The summed E-state index contributed by atoms with van der Waals surface area (Å²) in [6, 6.07) is 4.03. The molecule has 0 bridgehead atoms. The molecule has 1 unspecified atom stereocenters. The monoisotopic (exact) mass is 208 g/mol. The quantitative estimate of drug-likeness (QED) is 0.766. The molecule has 0 aliphatic carbocycles. The second-order valence-corrected chi connectivity index (χ2v) is 4.22. The Bertz CT molecular complexity index is 293. The van der Waals surface area contributed by atoms with Crippen LogP contribution in [0.15, 0.2) is 18.3 Å². The molecule has 1 aromatic heterocycles. The minimum atomic E-state index is -0.741. The fraction of sp³-hybridized carbons (Fsp3) is 0.583. The molecule has 1 heterocycles. The molecule has 3 heteroatoms. The van der Waals surface area contributed by atoms with E-state index in [-0.39, 0.29) is 0 Å². The zero-order chi connectivity index (χ0) is 11.3. The summed E-state index contributed by atoms with van der Waals surface area (Å²) in [6.45, 7) is 4.40. The Morgan fingerprint density at radius 1 is 1.47 bits per heavy atom. The molecule has 0 fully saturated rings. The predicted octanol–water partition coefficient (Wildman–Crippen LogP) is 1.29. The number of aromatic nitrogens is 1. The molecule has 0 aliphatic rings. The van der Waals surface area contributed by atoms with Crippen molar-refractivity contribution in [1.29, 1.82) is 0 Å². The number of pyridine rings is 1. The summed E-state index contributed by atoms with van der Waals surface area (Å²) >= 11 is 0.